The first-order valence-electron chi connectivity index (χ1n) is 12.0. The first-order valence-corrected chi connectivity index (χ1v) is 13.6. The smallest absolute Gasteiger partial charge is 0.225 e. The third-order valence-electron chi connectivity index (χ3n) is 5.72. The minimum absolute atomic E-state index is 0.135. The quantitative estimate of drug-likeness (QED) is 0.127. The Morgan fingerprint density at radius 2 is 1.92 bits per heavy atom. The fourth-order valence-electron chi connectivity index (χ4n) is 3.75. The lowest BCUT2D eigenvalue weighted by Crippen LogP contribution is -2.34. The third-order valence-corrected chi connectivity index (χ3v) is 6.39. The van der Waals surface area contributed by atoms with E-state index < -0.39 is 16.7 Å². The van der Waals surface area contributed by atoms with Gasteiger partial charge in [0.05, 0.1) is 36.7 Å². The van der Waals surface area contributed by atoms with Crippen molar-refractivity contribution in [2.24, 2.45) is 5.92 Å². The maximum Gasteiger partial charge on any atom is 0.225 e. The number of carbonyl (C=O) groups is 1. The van der Waals surface area contributed by atoms with Crippen LogP contribution in [-0.2, 0) is 20.4 Å². The van der Waals surface area contributed by atoms with Crippen molar-refractivity contribution in [1.82, 2.24) is 20.0 Å². The van der Waals surface area contributed by atoms with Crippen molar-refractivity contribution in [1.29, 1.82) is 0 Å². The van der Waals surface area contributed by atoms with Crippen LogP contribution in [0.15, 0.2) is 48.8 Å². The number of rotatable bonds is 16. The highest BCUT2D eigenvalue weighted by molar-refractivity contribution is 7.70. The van der Waals surface area contributed by atoms with Gasteiger partial charge in [-0.05, 0) is 56.1 Å². The predicted octanol–water partition coefficient (Wildman–Crippen LogP) is 3.47. The van der Waals surface area contributed by atoms with Gasteiger partial charge in [-0.1, -0.05) is 24.3 Å². The molecule has 1 aliphatic heterocycles. The van der Waals surface area contributed by atoms with Crippen LogP contribution in [-0.4, -0.2) is 57.1 Å². The Morgan fingerprint density at radius 1 is 1.22 bits per heavy atom. The molecular formula is C24H35ClFN5O4S. The van der Waals surface area contributed by atoms with Crippen LogP contribution in [0, 0.1) is 5.92 Å². The number of ether oxygens (including phenoxy) is 1. The Kier molecular flexibility index (Phi) is 14.1. The van der Waals surface area contributed by atoms with Crippen LogP contribution < -0.4 is 14.9 Å². The summed E-state index contributed by atoms with van der Waals surface area (Å²) in [6.45, 7) is 6.39. The topological polar surface area (TPSA) is 114 Å². The van der Waals surface area contributed by atoms with Crippen molar-refractivity contribution in [3.63, 3.8) is 0 Å². The molecule has 12 heteroatoms. The maximum absolute atomic E-state index is 13.7. The fourth-order valence-corrected chi connectivity index (χ4v) is 4.19. The second-order valence-electron chi connectivity index (χ2n) is 8.47. The molecule has 0 saturated carbocycles. The summed E-state index contributed by atoms with van der Waals surface area (Å²) in [5.41, 5.74) is 0.175. The zero-order valence-electron chi connectivity index (χ0n) is 20.3. The van der Waals surface area contributed by atoms with Crippen molar-refractivity contribution >= 4 is 34.3 Å². The minimum Gasteiger partial charge on any atom is -0.501 e. The molecule has 200 valence electrons. The fraction of sp³-hybridized carbons (Fsp3) is 0.542. The number of carbonyl (C=O) groups excluding carboxylic acids is 1. The molecule has 1 fully saturated rings. The second-order valence-corrected chi connectivity index (χ2v) is 9.74. The summed E-state index contributed by atoms with van der Waals surface area (Å²) in [6, 6.07) is 0. The Morgan fingerprint density at radius 3 is 2.58 bits per heavy atom. The number of unbranched alkanes of at least 4 members (excludes halogenated alkanes) is 1. The van der Waals surface area contributed by atoms with Crippen molar-refractivity contribution in [3.8, 4) is 0 Å². The monoisotopic (exact) mass is 543 g/mol. The normalized spacial score (nSPS) is 15.0. The summed E-state index contributed by atoms with van der Waals surface area (Å²) in [6.07, 6.45) is 13.0. The second kappa shape index (κ2) is 17.0. The third kappa shape index (κ3) is 12.5. The van der Waals surface area contributed by atoms with Gasteiger partial charge in [-0.2, -0.15) is 0 Å². The summed E-state index contributed by atoms with van der Waals surface area (Å²) >= 11 is 5.85. The number of hydrogen-bond acceptors (Lipinski definition) is 7. The lowest BCUT2D eigenvalue weighted by atomic mass is 9.92. The zero-order valence-corrected chi connectivity index (χ0v) is 22.0. The van der Waals surface area contributed by atoms with E-state index in [-0.39, 0.29) is 17.9 Å². The van der Waals surface area contributed by atoms with Gasteiger partial charge in [0, 0.05) is 26.2 Å². The summed E-state index contributed by atoms with van der Waals surface area (Å²) in [4.78, 5) is 22.7. The average molecular weight is 544 g/mol. The lowest BCUT2D eigenvalue weighted by Gasteiger charge is -2.31. The number of aromatic nitrogens is 2. The Labute approximate surface area is 218 Å². The summed E-state index contributed by atoms with van der Waals surface area (Å²) in [5.74, 6) is 0.352. The van der Waals surface area contributed by atoms with Crippen LogP contribution in [0.25, 0.3) is 0 Å². The van der Waals surface area contributed by atoms with E-state index in [4.69, 9.17) is 16.3 Å². The van der Waals surface area contributed by atoms with E-state index in [1.54, 1.807) is 18.5 Å². The first kappa shape index (κ1) is 29.7. The molecule has 36 heavy (non-hydrogen) atoms. The van der Waals surface area contributed by atoms with Crippen molar-refractivity contribution in [3.05, 3.63) is 53.8 Å². The van der Waals surface area contributed by atoms with Gasteiger partial charge in [-0.3, -0.25) is 4.79 Å². The van der Waals surface area contributed by atoms with Gasteiger partial charge in [-0.15, -0.1) is 0 Å². The molecule has 0 radical (unpaired) electrons. The van der Waals surface area contributed by atoms with Gasteiger partial charge in [0.2, 0.25) is 22.7 Å². The van der Waals surface area contributed by atoms with E-state index in [1.165, 1.54) is 12.3 Å². The molecule has 0 bridgehead atoms. The van der Waals surface area contributed by atoms with Gasteiger partial charge >= 0.3 is 0 Å². The van der Waals surface area contributed by atoms with E-state index in [1.807, 2.05) is 0 Å². The van der Waals surface area contributed by atoms with Gasteiger partial charge in [0.1, 0.15) is 5.83 Å². The van der Waals surface area contributed by atoms with Crippen molar-refractivity contribution in [2.75, 3.05) is 37.7 Å². The number of nitrogens with one attached hydrogen (secondary N) is 2. The van der Waals surface area contributed by atoms with Crippen molar-refractivity contribution in [2.45, 2.75) is 44.9 Å². The highest BCUT2D eigenvalue weighted by Crippen LogP contribution is 2.24. The van der Waals surface area contributed by atoms with Crippen LogP contribution in [0.5, 0.6) is 0 Å². The summed E-state index contributed by atoms with van der Waals surface area (Å²) in [5, 5.41) is 3.22. The highest BCUT2D eigenvalue weighted by Gasteiger charge is 2.20. The van der Waals surface area contributed by atoms with E-state index >= 15 is 0 Å². The van der Waals surface area contributed by atoms with E-state index in [0.717, 1.165) is 44.7 Å². The van der Waals surface area contributed by atoms with Crippen LogP contribution >= 0.6 is 11.6 Å². The van der Waals surface area contributed by atoms with Crippen LogP contribution in [0.3, 0.4) is 0 Å². The Bertz CT molecular complexity index is 956. The number of thiol groups is 1. The molecule has 0 aromatic carbocycles. The SMILES string of the molecule is C=C(F)/C(=C\C=C\OCCCC1CCN(c2ncc(Cl)cn2)CC1)CC(=O)NCCCCN[SH](=O)=O. The standard InChI is InChI=1S/C24H35ClFN5O4S/c1-19(26)21(16-23(32)27-10-2-3-11-30-36(33)34)7-5-15-35-14-4-6-20-8-12-31(13-9-20)24-28-17-22(25)18-29-24/h5,7,15,17-18,20,36H,1-4,6,8-14,16H2,(H,27,32)(H,30,33,34)/b15-5+,21-7-. The van der Waals surface area contributed by atoms with E-state index in [0.29, 0.717) is 43.5 Å². The molecular weight excluding hydrogens is 509 g/mol. The number of anilines is 1. The van der Waals surface area contributed by atoms with E-state index in [9.17, 15) is 17.6 Å². The number of halogens is 2. The van der Waals surface area contributed by atoms with Gasteiger partial charge in [0.25, 0.3) is 0 Å². The molecule has 0 unspecified atom stereocenters. The molecule has 1 aromatic heterocycles. The molecule has 1 aliphatic rings. The largest absolute Gasteiger partial charge is 0.501 e. The highest BCUT2D eigenvalue weighted by atomic mass is 35.5. The predicted molar refractivity (Wildman–Crippen MR) is 140 cm³/mol. The molecule has 0 aliphatic carbocycles. The molecule has 9 nitrogen and oxygen atoms in total. The number of amides is 1. The Balaban J connectivity index is 1.58. The van der Waals surface area contributed by atoms with Gasteiger partial charge in [-0.25, -0.2) is 27.5 Å². The molecule has 2 rings (SSSR count). The molecule has 1 amide bonds. The molecule has 2 N–H and O–H groups in total. The molecule has 0 atom stereocenters. The number of nitrogens with zero attached hydrogens (tertiary/aromatic N) is 3. The van der Waals surface area contributed by atoms with Crippen LogP contribution in [0.1, 0.15) is 44.9 Å². The van der Waals surface area contributed by atoms with Crippen LogP contribution in [0.2, 0.25) is 5.02 Å². The minimum atomic E-state index is -2.60. The maximum atomic E-state index is 13.7. The lowest BCUT2D eigenvalue weighted by molar-refractivity contribution is -0.120. The van der Waals surface area contributed by atoms with Gasteiger partial charge < -0.3 is 15.0 Å². The zero-order chi connectivity index (χ0) is 26.2. The molecule has 1 aromatic rings. The molecule has 2 heterocycles. The van der Waals surface area contributed by atoms with Crippen molar-refractivity contribution < 1.29 is 22.3 Å². The molecule has 0 spiro atoms. The average Bonchev–Trinajstić information content (AvgIpc) is 2.85. The van der Waals surface area contributed by atoms with Gasteiger partial charge in [0.15, 0.2) is 0 Å². The number of piperidine rings is 1. The van der Waals surface area contributed by atoms with Crippen LogP contribution in [0.4, 0.5) is 10.3 Å². The van der Waals surface area contributed by atoms with E-state index in [2.05, 4.69) is 31.5 Å². The number of hydrogen-bond donors (Lipinski definition) is 3. The summed E-state index contributed by atoms with van der Waals surface area (Å²) in [7, 11) is -2.60. The Hall–Kier alpha value is -2.50. The molecule has 1 saturated heterocycles. The number of allylic oxidation sites excluding steroid dienone is 3. The first-order chi connectivity index (χ1) is 17.3. The summed E-state index contributed by atoms with van der Waals surface area (Å²) < 4.78 is 42.3.